The molecule has 3 heteroatoms. The van der Waals surface area contributed by atoms with Gasteiger partial charge in [0.1, 0.15) is 5.82 Å². The number of aryl methyl sites for hydroxylation is 2. The number of hydrogen-bond acceptors (Lipinski definition) is 1. The molecule has 0 saturated carbocycles. The summed E-state index contributed by atoms with van der Waals surface area (Å²) in [6.07, 6.45) is 0. The molecule has 0 aliphatic carbocycles. The smallest absolute Gasteiger partial charge is 0.124 e. The summed E-state index contributed by atoms with van der Waals surface area (Å²) in [7, 11) is 0. The first kappa shape index (κ1) is 13.6. The molecule has 0 spiro atoms. The molecule has 0 heterocycles. The van der Waals surface area contributed by atoms with E-state index < -0.39 is 0 Å². The van der Waals surface area contributed by atoms with Crippen molar-refractivity contribution in [2.75, 3.05) is 5.32 Å². The van der Waals surface area contributed by atoms with Crippen molar-refractivity contribution in [3.63, 3.8) is 0 Å². The normalized spacial score (nSPS) is 10.3. The minimum absolute atomic E-state index is 0.270. The molecule has 2 aromatic rings. The van der Waals surface area contributed by atoms with Gasteiger partial charge >= 0.3 is 0 Å². The predicted molar refractivity (Wildman–Crippen MR) is 80.0 cm³/mol. The monoisotopic (exact) mass is 275 g/mol. The molecule has 19 heavy (non-hydrogen) atoms. The predicted octanol–water partition coefficient (Wildman–Crippen LogP) is 5.18. The summed E-state index contributed by atoms with van der Waals surface area (Å²) in [5.41, 5.74) is 4.06. The van der Waals surface area contributed by atoms with Gasteiger partial charge in [-0.2, -0.15) is 0 Å². The maximum absolute atomic E-state index is 13.4. The molecule has 2 rings (SSSR count). The molecule has 1 N–H and O–H groups in total. The third-order valence-corrected chi connectivity index (χ3v) is 3.13. The topological polar surface area (TPSA) is 12.0 Å². The summed E-state index contributed by atoms with van der Waals surface area (Å²) in [5, 5.41) is 3.74. The molecule has 1 nitrogen and oxygen atoms in total. The van der Waals surface area contributed by atoms with Crippen LogP contribution in [0.25, 0.3) is 5.70 Å². The van der Waals surface area contributed by atoms with Gasteiger partial charge in [0.25, 0.3) is 0 Å². The van der Waals surface area contributed by atoms with Crippen molar-refractivity contribution in [1.82, 2.24) is 0 Å². The minimum Gasteiger partial charge on any atom is -0.354 e. The second-order valence-electron chi connectivity index (χ2n) is 4.60. The molecular formula is C16H15ClFN. The summed E-state index contributed by atoms with van der Waals surface area (Å²) >= 11 is 6.11. The van der Waals surface area contributed by atoms with Crippen LogP contribution in [0.2, 0.25) is 5.02 Å². The Morgan fingerprint density at radius 1 is 1.11 bits per heavy atom. The lowest BCUT2D eigenvalue weighted by atomic mass is 10.1. The van der Waals surface area contributed by atoms with E-state index in [0.29, 0.717) is 10.7 Å². The SMILES string of the molecule is C=C(Nc1cc(C)ccc1Cl)c1cc(C)cc(F)c1. The molecule has 0 atom stereocenters. The van der Waals surface area contributed by atoms with Gasteiger partial charge in [0, 0.05) is 11.3 Å². The highest BCUT2D eigenvalue weighted by atomic mass is 35.5. The molecule has 0 amide bonds. The average molecular weight is 276 g/mol. The lowest BCUT2D eigenvalue weighted by molar-refractivity contribution is 0.626. The Morgan fingerprint density at radius 3 is 2.53 bits per heavy atom. The van der Waals surface area contributed by atoms with E-state index in [2.05, 4.69) is 11.9 Å². The standard InChI is InChI=1S/C16H15ClFN/c1-10-4-5-15(17)16(8-10)19-12(3)13-6-11(2)7-14(18)9-13/h4-9,19H,3H2,1-2H3. The van der Waals surface area contributed by atoms with Crippen molar-refractivity contribution in [3.8, 4) is 0 Å². The van der Waals surface area contributed by atoms with Gasteiger partial charge in [0.15, 0.2) is 0 Å². The maximum Gasteiger partial charge on any atom is 0.124 e. The summed E-state index contributed by atoms with van der Waals surface area (Å²) in [6.45, 7) is 7.77. The maximum atomic E-state index is 13.4. The molecule has 0 fully saturated rings. The van der Waals surface area contributed by atoms with Crippen LogP contribution >= 0.6 is 11.6 Å². The molecule has 98 valence electrons. The van der Waals surface area contributed by atoms with Gasteiger partial charge < -0.3 is 5.32 Å². The number of nitrogens with one attached hydrogen (secondary N) is 1. The molecule has 0 aliphatic heterocycles. The zero-order chi connectivity index (χ0) is 14.0. The summed E-state index contributed by atoms with van der Waals surface area (Å²) in [5.74, 6) is -0.270. The van der Waals surface area contributed by atoms with Crippen LogP contribution in [0.5, 0.6) is 0 Å². The summed E-state index contributed by atoms with van der Waals surface area (Å²) < 4.78 is 13.4. The Labute approximate surface area is 117 Å². The summed E-state index contributed by atoms with van der Waals surface area (Å²) in [4.78, 5) is 0. The van der Waals surface area contributed by atoms with Crippen LogP contribution in [0.3, 0.4) is 0 Å². The minimum atomic E-state index is -0.270. The van der Waals surface area contributed by atoms with Crippen molar-refractivity contribution in [2.24, 2.45) is 0 Å². The van der Waals surface area contributed by atoms with Crippen molar-refractivity contribution in [2.45, 2.75) is 13.8 Å². The fraction of sp³-hybridized carbons (Fsp3) is 0.125. The number of halogens is 2. The zero-order valence-corrected chi connectivity index (χ0v) is 11.7. The van der Waals surface area contributed by atoms with Crippen LogP contribution in [0.4, 0.5) is 10.1 Å². The lowest BCUT2D eigenvalue weighted by Crippen LogP contribution is -1.99. The Hall–Kier alpha value is -1.80. The first-order chi connectivity index (χ1) is 8.95. The zero-order valence-electron chi connectivity index (χ0n) is 10.9. The fourth-order valence-corrected chi connectivity index (χ4v) is 2.04. The van der Waals surface area contributed by atoms with Crippen molar-refractivity contribution in [1.29, 1.82) is 0 Å². The second-order valence-corrected chi connectivity index (χ2v) is 5.01. The Morgan fingerprint density at radius 2 is 1.84 bits per heavy atom. The molecule has 2 aromatic carbocycles. The van der Waals surface area contributed by atoms with E-state index in [1.807, 2.05) is 38.1 Å². The quantitative estimate of drug-likeness (QED) is 0.814. The van der Waals surface area contributed by atoms with Crippen LogP contribution in [0, 0.1) is 19.7 Å². The van der Waals surface area contributed by atoms with E-state index in [9.17, 15) is 4.39 Å². The molecule has 0 unspecified atom stereocenters. The first-order valence-corrected chi connectivity index (χ1v) is 6.33. The van der Waals surface area contributed by atoms with Gasteiger partial charge in [-0.05, 0) is 55.3 Å². The fourth-order valence-electron chi connectivity index (χ4n) is 1.88. The van der Waals surface area contributed by atoms with Gasteiger partial charge in [0.05, 0.1) is 10.7 Å². The molecule has 0 bridgehead atoms. The van der Waals surface area contributed by atoms with Gasteiger partial charge in [-0.25, -0.2) is 4.39 Å². The second kappa shape index (κ2) is 5.45. The molecule has 0 saturated heterocycles. The highest BCUT2D eigenvalue weighted by Crippen LogP contribution is 2.26. The molecular weight excluding hydrogens is 261 g/mol. The number of benzene rings is 2. The van der Waals surface area contributed by atoms with E-state index in [1.54, 1.807) is 0 Å². The van der Waals surface area contributed by atoms with Crippen LogP contribution in [-0.2, 0) is 0 Å². The van der Waals surface area contributed by atoms with Crippen LogP contribution < -0.4 is 5.32 Å². The number of anilines is 1. The van der Waals surface area contributed by atoms with Crippen LogP contribution in [-0.4, -0.2) is 0 Å². The molecule has 0 aliphatic rings. The Bertz CT molecular complexity index is 614. The van der Waals surface area contributed by atoms with Crippen molar-refractivity contribution in [3.05, 3.63) is 70.5 Å². The first-order valence-electron chi connectivity index (χ1n) is 5.95. The Balaban J connectivity index is 2.28. The largest absolute Gasteiger partial charge is 0.354 e. The van der Waals surface area contributed by atoms with Gasteiger partial charge in [-0.1, -0.05) is 24.2 Å². The number of rotatable bonds is 3. The van der Waals surface area contributed by atoms with E-state index in [4.69, 9.17) is 11.6 Å². The third kappa shape index (κ3) is 3.36. The Kier molecular flexibility index (Phi) is 3.91. The average Bonchev–Trinajstić information content (AvgIpc) is 2.32. The lowest BCUT2D eigenvalue weighted by Gasteiger charge is -2.13. The van der Waals surface area contributed by atoms with Gasteiger partial charge in [0.2, 0.25) is 0 Å². The van der Waals surface area contributed by atoms with Crippen molar-refractivity contribution >= 4 is 23.0 Å². The van der Waals surface area contributed by atoms with E-state index >= 15 is 0 Å². The van der Waals surface area contributed by atoms with E-state index in [0.717, 1.165) is 22.4 Å². The highest BCUT2D eigenvalue weighted by molar-refractivity contribution is 6.33. The van der Waals surface area contributed by atoms with E-state index in [1.165, 1.54) is 12.1 Å². The highest BCUT2D eigenvalue weighted by Gasteiger charge is 2.05. The summed E-state index contributed by atoms with van der Waals surface area (Å²) in [6, 6.07) is 10.5. The molecule has 0 aromatic heterocycles. The van der Waals surface area contributed by atoms with Crippen molar-refractivity contribution < 1.29 is 4.39 Å². The molecule has 0 radical (unpaired) electrons. The van der Waals surface area contributed by atoms with Gasteiger partial charge in [-0.3, -0.25) is 0 Å². The number of hydrogen-bond donors (Lipinski definition) is 1. The van der Waals surface area contributed by atoms with Crippen LogP contribution in [0.15, 0.2) is 43.0 Å². The van der Waals surface area contributed by atoms with E-state index in [-0.39, 0.29) is 5.82 Å². The third-order valence-electron chi connectivity index (χ3n) is 2.80. The van der Waals surface area contributed by atoms with Gasteiger partial charge in [-0.15, -0.1) is 0 Å². The van der Waals surface area contributed by atoms with Crippen LogP contribution in [0.1, 0.15) is 16.7 Å².